The predicted octanol–water partition coefficient (Wildman–Crippen LogP) is 2.68. The van der Waals surface area contributed by atoms with Gasteiger partial charge in [0, 0.05) is 19.1 Å². The lowest BCUT2D eigenvalue weighted by Crippen LogP contribution is -2.41. The van der Waals surface area contributed by atoms with Crippen molar-refractivity contribution >= 4 is 0 Å². The number of nitrogens with one attached hydrogen (secondary N) is 1. The van der Waals surface area contributed by atoms with Crippen LogP contribution in [0.15, 0.2) is 25.3 Å². The van der Waals surface area contributed by atoms with E-state index in [0.717, 1.165) is 26.2 Å². The first-order valence-corrected chi connectivity index (χ1v) is 6.33. The van der Waals surface area contributed by atoms with Gasteiger partial charge in [-0.15, -0.1) is 13.2 Å². The highest BCUT2D eigenvalue weighted by Gasteiger charge is 2.17. The third-order valence-corrected chi connectivity index (χ3v) is 3.02. The lowest BCUT2D eigenvalue weighted by molar-refractivity contribution is 0.194. The molecule has 1 N–H and O–H groups in total. The average Bonchev–Trinajstić information content (AvgIpc) is 2.28. The van der Waals surface area contributed by atoms with Crippen molar-refractivity contribution in [2.24, 2.45) is 5.92 Å². The monoisotopic (exact) mass is 224 g/mol. The minimum atomic E-state index is 0.556. The minimum Gasteiger partial charge on any atom is -0.316 e. The Morgan fingerprint density at radius 3 is 2.19 bits per heavy atom. The molecule has 0 amide bonds. The van der Waals surface area contributed by atoms with Crippen LogP contribution in [0.4, 0.5) is 0 Å². The number of hydrogen-bond donors (Lipinski definition) is 1. The first kappa shape index (κ1) is 15.4. The van der Waals surface area contributed by atoms with Crippen LogP contribution >= 0.6 is 0 Å². The van der Waals surface area contributed by atoms with Crippen LogP contribution in [0.1, 0.15) is 27.2 Å². The smallest absolute Gasteiger partial charge is 0.0166 e. The van der Waals surface area contributed by atoms with E-state index in [1.807, 2.05) is 12.2 Å². The van der Waals surface area contributed by atoms with Gasteiger partial charge in [-0.05, 0) is 32.4 Å². The highest BCUT2D eigenvalue weighted by Crippen LogP contribution is 2.10. The first-order chi connectivity index (χ1) is 7.67. The zero-order valence-electron chi connectivity index (χ0n) is 11.2. The lowest BCUT2D eigenvalue weighted by Gasteiger charge is -2.31. The van der Waals surface area contributed by atoms with E-state index in [4.69, 9.17) is 0 Å². The van der Waals surface area contributed by atoms with Gasteiger partial charge in [0.05, 0.1) is 0 Å². The van der Waals surface area contributed by atoms with Crippen molar-refractivity contribution in [1.82, 2.24) is 10.2 Å². The first-order valence-electron chi connectivity index (χ1n) is 6.33. The Morgan fingerprint density at radius 2 is 1.75 bits per heavy atom. The molecule has 2 nitrogen and oxygen atoms in total. The molecule has 0 saturated heterocycles. The van der Waals surface area contributed by atoms with Gasteiger partial charge >= 0.3 is 0 Å². The summed E-state index contributed by atoms with van der Waals surface area (Å²) in [5.41, 5.74) is 0. The molecule has 0 aromatic heterocycles. The summed E-state index contributed by atoms with van der Waals surface area (Å²) in [5, 5.41) is 3.48. The van der Waals surface area contributed by atoms with Crippen LogP contribution in [0.2, 0.25) is 0 Å². The maximum atomic E-state index is 3.81. The van der Waals surface area contributed by atoms with Crippen molar-refractivity contribution in [3.8, 4) is 0 Å². The van der Waals surface area contributed by atoms with Gasteiger partial charge in [0.15, 0.2) is 0 Å². The van der Waals surface area contributed by atoms with E-state index in [9.17, 15) is 0 Å². The van der Waals surface area contributed by atoms with Gasteiger partial charge in [0.1, 0.15) is 0 Å². The molecule has 0 spiro atoms. The summed E-state index contributed by atoms with van der Waals surface area (Å²) in [4.78, 5) is 2.40. The molecule has 0 saturated carbocycles. The van der Waals surface area contributed by atoms with E-state index in [1.165, 1.54) is 6.42 Å². The number of hydrogen-bond acceptors (Lipinski definition) is 2. The van der Waals surface area contributed by atoms with Gasteiger partial charge in [-0.1, -0.05) is 26.0 Å². The van der Waals surface area contributed by atoms with Crippen molar-refractivity contribution in [2.75, 3.05) is 26.2 Å². The van der Waals surface area contributed by atoms with Crippen LogP contribution in [0.25, 0.3) is 0 Å². The van der Waals surface area contributed by atoms with Crippen LogP contribution in [0.5, 0.6) is 0 Å². The molecule has 2 heteroatoms. The zero-order valence-corrected chi connectivity index (χ0v) is 11.2. The van der Waals surface area contributed by atoms with Gasteiger partial charge in [-0.25, -0.2) is 0 Å². The number of rotatable bonds is 10. The molecule has 0 rings (SSSR count). The summed E-state index contributed by atoms with van der Waals surface area (Å²) in [6.45, 7) is 18.5. The van der Waals surface area contributed by atoms with Gasteiger partial charge in [-0.3, -0.25) is 4.90 Å². The second-order valence-corrected chi connectivity index (χ2v) is 4.45. The largest absolute Gasteiger partial charge is 0.316 e. The fourth-order valence-corrected chi connectivity index (χ4v) is 1.78. The van der Waals surface area contributed by atoms with Crippen LogP contribution in [0, 0.1) is 5.92 Å². The molecule has 0 radical (unpaired) electrons. The summed E-state index contributed by atoms with van der Waals surface area (Å²) in [5.74, 6) is 0.645. The van der Waals surface area contributed by atoms with Crippen molar-refractivity contribution in [3.63, 3.8) is 0 Å². The summed E-state index contributed by atoms with van der Waals surface area (Å²) >= 11 is 0. The van der Waals surface area contributed by atoms with E-state index in [2.05, 4.69) is 44.1 Å². The van der Waals surface area contributed by atoms with Gasteiger partial charge in [0.2, 0.25) is 0 Å². The van der Waals surface area contributed by atoms with Crippen LogP contribution in [-0.2, 0) is 0 Å². The quantitative estimate of drug-likeness (QED) is 0.453. The molecule has 0 aliphatic rings. The van der Waals surface area contributed by atoms with Crippen molar-refractivity contribution in [1.29, 1.82) is 0 Å². The minimum absolute atomic E-state index is 0.556. The Hall–Kier alpha value is -0.600. The molecule has 0 aliphatic carbocycles. The fourth-order valence-electron chi connectivity index (χ4n) is 1.78. The zero-order chi connectivity index (χ0) is 12.4. The molecule has 94 valence electrons. The average molecular weight is 224 g/mol. The maximum Gasteiger partial charge on any atom is 0.0166 e. The molecular formula is C14H28N2. The summed E-state index contributed by atoms with van der Waals surface area (Å²) in [7, 11) is 0. The Morgan fingerprint density at radius 1 is 1.19 bits per heavy atom. The second kappa shape index (κ2) is 9.61. The number of nitrogens with zero attached hydrogens (tertiary/aromatic N) is 1. The Kier molecular flexibility index (Phi) is 9.25. The van der Waals surface area contributed by atoms with E-state index >= 15 is 0 Å². The Bertz CT molecular complexity index is 179. The van der Waals surface area contributed by atoms with E-state index < -0.39 is 0 Å². The standard InChI is InChI=1S/C14H28N2/c1-6-9-15-12-13(4)14(5)16(10-7-2)11-8-3/h7-8,13-15H,2-3,6,9-12H2,1,4-5H3. The topological polar surface area (TPSA) is 15.3 Å². The Balaban J connectivity index is 4.07. The van der Waals surface area contributed by atoms with Gasteiger partial charge in [-0.2, -0.15) is 0 Å². The summed E-state index contributed by atoms with van der Waals surface area (Å²) in [6.07, 6.45) is 5.13. The molecule has 0 heterocycles. The predicted molar refractivity (Wildman–Crippen MR) is 73.8 cm³/mol. The van der Waals surface area contributed by atoms with Crippen LogP contribution in [-0.4, -0.2) is 37.1 Å². The van der Waals surface area contributed by atoms with Crippen LogP contribution in [0.3, 0.4) is 0 Å². The van der Waals surface area contributed by atoms with E-state index in [1.54, 1.807) is 0 Å². The third-order valence-electron chi connectivity index (χ3n) is 3.02. The Labute approximate surface area is 101 Å². The molecule has 0 aliphatic heterocycles. The molecule has 16 heavy (non-hydrogen) atoms. The van der Waals surface area contributed by atoms with Crippen molar-refractivity contribution < 1.29 is 0 Å². The highest BCUT2D eigenvalue weighted by molar-refractivity contribution is 4.85. The van der Waals surface area contributed by atoms with Crippen molar-refractivity contribution in [3.05, 3.63) is 25.3 Å². The third kappa shape index (κ3) is 6.09. The van der Waals surface area contributed by atoms with Crippen molar-refractivity contribution in [2.45, 2.75) is 33.2 Å². The lowest BCUT2D eigenvalue weighted by atomic mass is 10.0. The molecular weight excluding hydrogens is 196 g/mol. The SMILES string of the molecule is C=CCN(CC=C)C(C)C(C)CNCCC. The molecule has 0 fully saturated rings. The maximum absolute atomic E-state index is 3.81. The summed E-state index contributed by atoms with van der Waals surface area (Å²) in [6, 6.07) is 0.556. The fraction of sp³-hybridized carbons (Fsp3) is 0.714. The molecule has 0 bridgehead atoms. The molecule has 0 aromatic carbocycles. The van der Waals surface area contributed by atoms with Gasteiger partial charge in [0.25, 0.3) is 0 Å². The van der Waals surface area contributed by atoms with Gasteiger partial charge < -0.3 is 5.32 Å². The van der Waals surface area contributed by atoms with E-state index in [0.29, 0.717) is 12.0 Å². The summed E-state index contributed by atoms with van der Waals surface area (Å²) < 4.78 is 0. The molecule has 2 atom stereocenters. The molecule has 2 unspecified atom stereocenters. The van der Waals surface area contributed by atoms with E-state index in [-0.39, 0.29) is 0 Å². The second-order valence-electron chi connectivity index (χ2n) is 4.45. The molecule has 0 aromatic rings. The normalized spacial score (nSPS) is 14.8. The van der Waals surface area contributed by atoms with Crippen LogP contribution < -0.4 is 5.32 Å². The highest BCUT2D eigenvalue weighted by atomic mass is 15.1.